The predicted octanol–water partition coefficient (Wildman–Crippen LogP) is 6.83. The average molecular weight is 645 g/mol. The van der Waals surface area contributed by atoms with Gasteiger partial charge in [-0.25, -0.2) is 8.42 Å². The summed E-state index contributed by atoms with van der Waals surface area (Å²) in [4.78, 5) is 28.5. The van der Waals surface area contributed by atoms with Crippen LogP contribution in [0.1, 0.15) is 32.3 Å². The van der Waals surface area contributed by atoms with Gasteiger partial charge in [0.15, 0.2) is 0 Å². The Morgan fingerprint density at radius 3 is 2.08 bits per heavy atom. The molecule has 214 valence electrons. The fourth-order valence-corrected chi connectivity index (χ4v) is 6.52. The molecule has 0 saturated heterocycles. The number of amides is 2. The highest BCUT2D eigenvalue weighted by atomic mass is 35.5. The molecular weight excluding hydrogens is 616 g/mol. The molecule has 3 aromatic rings. The summed E-state index contributed by atoms with van der Waals surface area (Å²) in [5.74, 6) is -0.986. The highest BCUT2D eigenvalue weighted by Gasteiger charge is 2.34. The molecule has 7 nitrogen and oxygen atoms in total. The van der Waals surface area contributed by atoms with E-state index in [9.17, 15) is 18.0 Å². The van der Waals surface area contributed by atoms with Gasteiger partial charge in [0.25, 0.3) is 10.0 Å². The second-order valence-corrected chi connectivity index (χ2v) is 12.4. The number of benzene rings is 3. The Labute approximate surface area is 255 Å². The molecule has 3 aromatic carbocycles. The van der Waals surface area contributed by atoms with Crippen molar-refractivity contribution in [2.45, 2.75) is 44.2 Å². The van der Waals surface area contributed by atoms with Gasteiger partial charge in [0, 0.05) is 28.2 Å². The second kappa shape index (κ2) is 14.4. The summed E-state index contributed by atoms with van der Waals surface area (Å²) in [5.41, 5.74) is 0.611. The van der Waals surface area contributed by atoms with Crippen molar-refractivity contribution in [2.24, 2.45) is 0 Å². The van der Waals surface area contributed by atoms with Crippen molar-refractivity contribution in [3.8, 4) is 0 Å². The number of carbonyl (C=O) groups is 2. The zero-order valence-electron chi connectivity index (χ0n) is 21.9. The number of sulfonamides is 1. The maximum Gasteiger partial charge on any atom is 0.264 e. The molecule has 0 aliphatic heterocycles. The van der Waals surface area contributed by atoms with Crippen LogP contribution in [0.5, 0.6) is 0 Å². The van der Waals surface area contributed by atoms with E-state index >= 15 is 0 Å². The molecule has 0 heterocycles. The van der Waals surface area contributed by atoms with Crippen molar-refractivity contribution in [1.82, 2.24) is 10.2 Å². The van der Waals surface area contributed by atoms with Crippen LogP contribution < -0.4 is 9.62 Å². The third kappa shape index (κ3) is 7.83. The molecular formula is C28H29Cl4N3O4S. The Morgan fingerprint density at radius 2 is 1.50 bits per heavy atom. The van der Waals surface area contributed by atoms with E-state index in [1.165, 1.54) is 35.2 Å². The van der Waals surface area contributed by atoms with Crippen LogP contribution in [0.4, 0.5) is 5.69 Å². The van der Waals surface area contributed by atoms with Crippen molar-refractivity contribution in [1.29, 1.82) is 0 Å². The summed E-state index contributed by atoms with van der Waals surface area (Å²) >= 11 is 25.0. The molecule has 0 aromatic heterocycles. The van der Waals surface area contributed by atoms with Crippen LogP contribution in [0.2, 0.25) is 20.1 Å². The van der Waals surface area contributed by atoms with Crippen LogP contribution >= 0.6 is 46.4 Å². The first kappa shape index (κ1) is 32.0. The van der Waals surface area contributed by atoms with Gasteiger partial charge >= 0.3 is 0 Å². The van der Waals surface area contributed by atoms with Crippen molar-refractivity contribution in [2.75, 3.05) is 17.4 Å². The molecule has 0 aliphatic rings. The number of hydrogen-bond acceptors (Lipinski definition) is 4. The maximum absolute atomic E-state index is 14.0. The minimum absolute atomic E-state index is 0.0335. The molecule has 0 unspecified atom stereocenters. The normalized spacial score (nSPS) is 12.1. The minimum atomic E-state index is -4.26. The van der Waals surface area contributed by atoms with E-state index in [0.717, 1.165) is 4.31 Å². The summed E-state index contributed by atoms with van der Waals surface area (Å²) in [7, 11) is -4.26. The van der Waals surface area contributed by atoms with Crippen molar-refractivity contribution >= 4 is 73.9 Å². The number of halogens is 4. The highest BCUT2D eigenvalue weighted by molar-refractivity contribution is 7.92. The Hall–Kier alpha value is -2.49. The lowest BCUT2D eigenvalue weighted by molar-refractivity contribution is -0.140. The summed E-state index contributed by atoms with van der Waals surface area (Å²) in [6.07, 6.45) is 0.983. The molecule has 3 rings (SSSR count). The van der Waals surface area contributed by atoms with Crippen LogP contribution in [0, 0.1) is 0 Å². The third-order valence-electron chi connectivity index (χ3n) is 6.08. The molecule has 0 saturated carbocycles. The minimum Gasteiger partial charge on any atom is -0.354 e. The van der Waals surface area contributed by atoms with Gasteiger partial charge in [0.2, 0.25) is 11.8 Å². The Morgan fingerprint density at radius 1 is 0.875 bits per heavy atom. The first-order valence-corrected chi connectivity index (χ1v) is 15.5. The molecule has 2 amide bonds. The Kier molecular flexibility index (Phi) is 11.5. The van der Waals surface area contributed by atoms with Crippen LogP contribution in [-0.4, -0.2) is 44.3 Å². The lowest BCUT2D eigenvalue weighted by Gasteiger charge is -2.33. The molecule has 1 N–H and O–H groups in total. The molecule has 0 radical (unpaired) electrons. The fourth-order valence-electron chi connectivity index (χ4n) is 4.04. The first-order valence-electron chi connectivity index (χ1n) is 12.5. The number of nitrogens with zero attached hydrogens (tertiary/aromatic N) is 2. The first-order chi connectivity index (χ1) is 19.0. The van der Waals surface area contributed by atoms with Gasteiger partial charge < -0.3 is 10.2 Å². The average Bonchev–Trinajstić information content (AvgIpc) is 2.92. The van der Waals surface area contributed by atoms with Gasteiger partial charge in [-0.2, -0.15) is 0 Å². The van der Waals surface area contributed by atoms with E-state index < -0.39 is 28.5 Å². The molecule has 0 aliphatic carbocycles. The van der Waals surface area contributed by atoms with Gasteiger partial charge in [0.05, 0.1) is 15.6 Å². The van der Waals surface area contributed by atoms with Crippen LogP contribution in [0.15, 0.2) is 71.6 Å². The monoisotopic (exact) mass is 643 g/mol. The van der Waals surface area contributed by atoms with E-state index in [1.807, 2.05) is 6.92 Å². The van der Waals surface area contributed by atoms with E-state index in [4.69, 9.17) is 46.4 Å². The van der Waals surface area contributed by atoms with E-state index in [0.29, 0.717) is 33.6 Å². The van der Waals surface area contributed by atoms with Gasteiger partial charge in [-0.15, -0.1) is 0 Å². The van der Waals surface area contributed by atoms with Crippen LogP contribution in [0.25, 0.3) is 0 Å². The van der Waals surface area contributed by atoms with Gasteiger partial charge in [-0.3, -0.25) is 13.9 Å². The summed E-state index contributed by atoms with van der Waals surface area (Å²) < 4.78 is 28.6. The maximum atomic E-state index is 14.0. The zero-order valence-corrected chi connectivity index (χ0v) is 25.8. The van der Waals surface area contributed by atoms with Crippen molar-refractivity contribution < 1.29 is 18.0 Å². The fraction of sp³-hybridized carbons (Fsp3) is 0.286. The number of hydrogen-bond donors (Lipinski definition) is 1. The predicted molar refractivity (Wildman–Crippen MR) is 162 cm³/mol. The summed E-state index contributed by atoms with van der Waals surface area (Å²) in [6, 6.07) is 15.9. The number of anilines is 1. The van der Waals surface area contributed by atoms with Gasteiger partial charge in [-0.1, -0.05) is 84.5 Å². The molecule has 40 heavy (non-hydrogen) atoms. The number of nitrogens with one attached hydrogen (secondary N) is 1. The smallest absolute Gasteiger partial charge is 0.264 e. The van der Waals surface area contributed by atoms with Crippen LogP contribution in [0.3, 0.4) is 0 Å². The molecule has 1 atom stereocenters. The lowest BCUT2D eigenvalue weighted by atomic mass is 10.1. The highest BCUT2D eigenvalue weighted by Crippen LogP contribution is 2.33. The standard InChI is InChI=1S/C28H29Cl4N3O4S/c1-3-14-33-28(37)25(4-2)34(17-19-10-11-20(29)15-23(19)31)27(36)18-35(26-13-12-21(30)16-24(26)32)40(38,39)22-8-6-5-7-9-22/h5-13,15-16,25H,3-4,14,17-18H2,1-2H3,(H,33,37)/t25-/m1/s1. The third-order valence-corrected chi connectivity index (χ3v) is 8.98. The largest absolute Gasteiger partial charge is 0.354 e. The quantitative estimate of drug-likeness (QED) is 0.234. The molecule has 12 heteroatoms. The van der Waals surface area contributed by atoms with Crippen molar-refractivity contribution in [3.63, 3.8) is 0 Å². The Balaban J connectivity index is 2.09. The lowest BCUT2D eigenvalue weighted by Crippen LogP contribution is -2.52. The van der Waals surface area contributed by atoms with Gasteiger partial charge in [-0.05, 0) is 60.9 Å². The topological polar surface area (TPSA) is 86.8 Å². The summed E-state index contributed by atoms with van der Waals surface area (Å²) in [6.45, 7) is 3.42. The van der Waals surface area contributed by atoms with E-state index in [2.05, 4.69) is 5.32 Å². The van der Waals surface area contributed by atoms with Crippen LogP contribution in [-0.2, 0) is 26.2 Å². The Bertz CT molecular complexity index is 1460. The van der Waals surface area contributed by atoms with E-state index in [1.54, 1.807) is 43.3 Å². The number of carbonyl (C=O) groups excluding carboxylic acids is 2. The SMILES string of the molecule is CCCNC(=O)[C@@H](CC)N(Cc1ccc(Cl)cc1Cl)C(=O)CN(c1ccc(Cl)cc1Cl)S(=O)(=O)c1ccccc1. The zero-order chi connectivity index (χ0) is 29.4. The summed E-state index contributed by atoms with van der Waals surface area (Å²) in [5, 5.41) is 3.90. The molecule has 0 fully saturated rings. The molecule has 0 bridgehead atoms. The second-order valence-electron chi connectivity index (χ2n) is 8.89. The van der Waals surface area contributed by atoms with E-state index in [-0.39, 0.29) is 34.5 Å². The van der Waals surface area contributed by atoms with Gasteiger partial charge in [0.1, 0.15) is 12.6 Å². The van der Waals surface area contributed by atoms with Crippen molar-refractivity contribution in [3.05, 3.63) is 92.4 Å². The number of rotatable bonds is 12. The molecule has 0 spiro atoms.